The van der Waals surface area contributed by atoms with Crippen LogP contribution >= 0.6 is 0 Å². The Morgan fingerprint density at radius 3 is 1.81 bits per heavy atom. The van der Waals surface area contributed by atoms with Gasteiger partial charge in [0.05, 0.1) is 0 Å². The maximum atomic E-state index is 10.8. The number of carbonyl (C=O) groups is 2. The van der Waals surface area contributed by atoms with Crippen molar-refractivity contribution in [3.63, 3.8) is 0 Å². The van der Waals surface area contributed by atoms with Crippen LogP contribution in [0.25, 0.3) is 0 Å². The average Bonchev–Trinajstić information content (AvgIpc) is 2.69. The standard InChI is InChI=1S/C12H23N.C10H10O4/c1-3-7-11(8-4-1)13-12-9-5-2-6-10-12;1-7(11)14-9(10(12)13)8-5-3-2-4-6-8/h11-13H,1-10H2;2-6,9H,1H3,(H,12,13). The molecule has 2 aliphatic rings. The normalized spacial score (nSPS) is 19.4. The van der Waals surface area contributed by atoms with Gasteiger partial charge in [0.25, 0.3) is 0 Å². The molecule has 0 heterocycles. The minimum atomic E-state index is -1.21. The Morgan fingerprint density at radius 2 is 1.41 bits per heavy atom. The highest BCUT2D eigenvalue weighted by molar-refractivity contribution is 5.78. The van der Waals surface area contributed by atoms with E-state index in [1.54, 1.807) is 30.3 Å². The molecule has 5 nitrogen and oxygen atoms in total. The van der Waals surface area contributed by atoms with E-state index < -0.39 is 18.0 Å². The number of carboxylic acids is 1. The third-order valence-corrected chi connectivity index (χ3v) is 5.29. The largest absolute Gasteiger partial charge is 0.478 e. The number of aliphatic carboxylic acids is 1. The van der Waals surface area contributed by atoms with Gasteiger partial charge in [0.1, 0.15) is 0 Å². The van der Waals surface area contributed by atoms with Crippen molar-refractivity contribution < 1.29 is 19.4 Å². The Balaban J connectivity index is 0.000000194. The molecule has 2 saturated carbocycles. The molecule has 0 aromatic heterocycles. The van der Waals surface area contributed by atoms with Crippen LogP contribution in [0, 0.1) is 0 Å². The summed E-state index contributed by atoms with van der Waals surface area (Å²) in [4.78, 5) is 21.4. The molecule has 0 bridgehead atoms. The highest BCUT2D eigenvalue weighted by Crippen LogP contribution is 2.22. The second kappa shape index (κ2) is 11.8. The monoisotopic (exact) mass is 375 g/mol. The summed E-state index contributed by atoms with van der Waals surface area (Å²) in [6.45, 7) is 1.18. The smallest absolute Gasteiger partial charge is 0.349 e. The maximum absolute atomic E-state index is 10.8. The van der Waals surface area contributed by atoms with Gasteiger partial charge in [-0.05, 0) is 25.7 Å². The lowest BCUT2D eigenvalue weighted by molar-refractivity contribution is -0.163. The Morgan fingerprint density at radius 1 is 0.926 bits per heavy atom. The van der Waals surface area contributed by atoms with Gasteiger partial charge in [-0.1, -0.05) is 68.9 Å². The van der Waals surface area contributed by atoms with Crippen LogP contribution in [-0.4, -0.2) is 29.1 Å². The van der Waals surface area contributed by atoms with Gasteiger partial charge in [-0.15, -0.1) is 0 Å². The van der Waals surface area contributed by atoms with Crippen molar-refractivity contribution in [3.8, 4) is 0 Å². The summed E-state index contributed by atoms with van der Waals surface area (Å²) in [5.74, 6) is -1.78. The van der Waals surface area contributed by atoms with Gasteiger partial charge < -0.3 is 15.2 Å². The zero-order chi connectivity index (χ0) is 19.5. The van der Waals surface area contributed by atoms with Crippen LogP contribution in [0.2, 0.25) is 0 Å². The van der Waals surface area contributed by atoms with Crippen LogP contribution < -0.4 is 5.32 Å². The molecule has 3 rings (SSSR count). The number of carboxylic acid groups (broad SMARTS) is 1. The molecule has 1 aromatic rings. The molecule has 2 N–H and O–H groups in total. The van der Waals surface area contributed by atoms with E-state index in [0.29, 0.717) is 5.56 Å². The summed E-state index contributed by atoms with van der Waals surface area (Å²) in [6, 6.07) is 10.1. The Labute approximate surface area is 162 Å². The van der Waals surface area contributed by atoms with Crippen LogP contribution in [0.5, 0.6) is 0 Å². The van der Waals surface area contributed by atoms with Gasteiger partial charge in [0.2, 0.25) is 6.10 Å². The summed E-state index contributed by atoms with van der Waals surface area (Å²) < 4.78 is 4.66. The molecule has 0 aliphatic heterocycles. The molecule has 2 fully saturated rings. The molecule has 0 amide bonds. The summed E-state index contributed by atoms with van der Waals surface area (Å²) in [6.07, 6.45) is 13.4. The summed E-state index contributed by atoms with van der Waals surface area (Å²) in [5.41, 5.74) is 0.454. The van der Waals surface area contributed by atoms with Crippen molar-refractivity contribution in [1.82, 2.24) is 5.32 Å². The van der Waals surface area contributed by atoms with Crippen LogP contribution in [0.3, 0.4) is 0 Å². The quantitative estimate of drug-likeness (QED) is 0.735. The molecule has 0 saturated heterocycles. The molecule has 1 aromatic carbocycles. The van der Waals surface area contributed by atoms with E-state index >= 15 is 0 Å². The first-order valence-electron chi connectivity index (χ1n) is 10.3. The topological polar surface area (TPSA) is 75.6 Å². The highest BCUT2D eigenvalue weighted by atomic mass is 16.6. The predicted molar refractivity (Wildman–Crippen MR) is 105 cm³/mol. The molecule has 0 spiro atoms. The van der Waals surface area contributed by atoms with E-state index in [2.05, 4.69) is 10.1 Å². The van der Waals surface area contributed by atoms with Crippen LogP contribution in [0.1, 0.15) is 82.8 Å². The number of nitrogens with one attached hydrogen (secondary N) is 1. The first-order valence-corrected chi connectivity index (χ1v) is 10.3. The van der Waals surface area contributed by atoms with Crippen LogP contribution in [0.4, 0.5) is 0 Å². The van der Waals surface area contributed by atoms with Crippen LogP contribution in [-0.2, 0) is 14.3 Å². The first-order chi connectivity index (χ1) is 13.1. The molecule has 2 aliphatic carbocycles. The lowest BCUT2D eigenvalue weighted by Gasteiger charge is -2.30. The Bertz CT molecular complexity index is 547. The molecule has 1 atom stereocenters. The molecular weight excluding hydrogens is 342 g/mol. The van der Waals surface area contributed by atoms with Gasteiger partial charge in [0, 0.05) is 24.6 Å². The van der Waals surface area contributed by atoms with E-state index in [0.717, 1.165) is 12.1 Å². The first kappa shape index (κ1) is 21.4. The van der Waals surface area contributed by atoms with Gasteiger partial charge in [-0.2, -0.15) is 0 Å². The molecule has 27 heavy (non-hydrogen) atoms. The number of benzene rings is 1. The van der Waals surface area contributed by atoms with Crippen molar-refractivity contribution in [3.05, 3.63) is 35.9 Å². The van der Waals surface area contributed by atoms with Crippen molar-refractivity contribution in [2.24, 2.45) is 0 Å². The minimum Gasteiger partial charge on any atom is -0.478 e. The zero-order valence-electron chi connectivity index (χ0n) is 16.4. The number of esters is 1. The number of carbonyl (C=O) groups excluding carboxylic acids is 1. The summed E-state index contributed by atoms with van der Waals surface area (Å²) >= 11 is 0. The number of rotatable bonds is 5. The van der Waals surface area contributed by atoms with E-state index in [-0.39, 0.29) is 0 Å². The van der Waals surface area contributed by atoms with E-state index in [4.69, 9.17) is 5.11 Å². The van der Waals surface area contributed by atoms with Gasteiger partial charge in [-0.3, -0.25) is 4.79 Å². The predicted octanol–water partition coefficient (Wildman–Crippen LogP) is 4.62. The lowest BCUT2D eigenvalue weighted by Crippen LogP contribution is -2.40. The van der Waals surface area contributed by atoms with Crippen LogP contribution in [0.15, 0.2) is 30.3 Å². The molecule has 0 radical (unpaired) electrons. The van der Waals surface area contributed by atoms with Gasteiger partial charge in [-0.25, -0.2) is 4.79 Å². The fourth-order valence-corrected chi connectivity index (χ4v) is 3.93. The zero-order valence-corrected chi connectivity index (χ0v) is 16.4. The van der Waals surface area contributed by atoms with E-state index in [1.165, 1.54) is 71.1 Å². The SMILES string of the molecule is C1CCC(NC2CCCCC2)CC1.CC(=O)OC(C(=O)O)c1ccccc1. The number of hydrogen-bond donors (Lipinski definition) is 2. The third-order valence-electron chi connectivity index (χ3n) is 5.29. The second-order valence-corrected chi connectivity index (χ2v) is 7.57. The number of hydrogen-bond acceptors (Lipinski definition) is 4. The molecule has 5 heteroatoms. The lowest BCUT2D eigenvalue weighted by atomic mass is 9.91. The molecule has 1 unspecified atom stereocenters. The van der Waals surface area contributed by atoms with Crippen molar-refractivity contribution in [1.29, 1.82) is 0 Å². The average molecular weight is 376 g/mol. The summed E-state index contributed by atoms with van der Waals surface area (Å²) in [5, 5.41) is 12.7. The fourth-order valence-electron chi connectivity index (χ4n) is 3.93. The minimum absolute atomic E-state index is 0.454. The summed E-state index contributed by atoms with van der Waals surface area (Å²) in [7, 11) is 0. The van der Waals surface area contributed by atoms with E-state index in [1.807, 2.05) is 0 Å². The molecular formula is C22H33NO4. The number of ether oxygens (including phenoxy) is 1. The highest BCUT2D eigenvalue weighted by Gasteiger charge is 2.22. The van der Waals surface area contributed by atoms with Crippen molar-refractivity contribution in [2.45, 2.75) is 89.3 Å². The Hall–Kier alpha value is -1.88. The van der Waals surface area contributed by atoms with Gasteiger partial charge >= 0.3 is 11.9 Å². The van der Waals surface area contributed by atoms with Crippen molar-refractivity contribution >= 4 is 11.9 Å². The van der Waals surface area contributed by atoms with Gasteiger partial charge in [0.15, 0.2) is 0 Å². The Kier molecular flexibility index (Phi) is 9.32. The van der Waals surface area contributed by atoms with E-state index in [9.17, 15) is 9.59 Å². The maximum Gasteiger partial charge on any atom is 0.349 e. The second-order valence-electron chi connectivity index (χ2n) is 7.57. The molecule has 150 valence electrons. The fraction of sp³-hybridized carbons (Fsp3) is 0.636. The van der Waals surface area contributed by atoms with Crippen molar-refractivity contribution in [2.75, 3.05) is 0 Å². The third kappa shape index (κ3) is 8.12.